The highest BCUT2D eigenvalue weighted by atomic mass is 32.2. The third kappa shape index (κ3) is 2.80. The van der Waals surface area contributed by atoms with Crippen LogP contribution in [-0.4, -0.2) is 28.3 Å². The quantitative estimate of drug-likeness (QED) is 0.886. The van der Waals surface area contributed by atoms with Gasteiger partial charge >= 0.3 is 0 Å². The van der Waals surface area contributed by atoms with Gasteiger partial charge in [0, 0.05) is 17.8 Å². The number of nitrogen functional groups attached to an aromatic ring is 1. The van der Waals surface area contributed by atoms with Crippen LogP contribution in [0.3, 0.4) is 0 Å². The van der Waals surface area contributed by atoms with Crippen molar-refractivity contribution in [1.29, 1.82) is 0 Å². The fraction of sp³-hybridized carbons (Fsp3) is 0.417. The number of hydrogen-bond donors (Lipinski definition) is 2. The van der Waals surface area contributed by atoms with Crippen molar-refractivity contribution in [3.05, 3.63) is 27.8 Å². The predicted molar refractivity (Wildman–Crippen MR) is 78.6 cm³/mol. The number of anilines is 1. The Morgan fingerprint density at radius 3 is 3.30 bits per heavy atom. The lowest BCUT2D eigenvalue weighted by atomic mass is 10.1. The zero-order valence-electron chi connectivity index (χ0n) is 10.7. The van der Waals surface area contributed by atoms with Gasteiger partial charge in [-0.25, -0.2) is 0 Å². The molecule has 0 bridgehead atoms. The van der Waals surface area contributed by atoms with Crippen molar-refractivity contribution >= 4 is 35.0 Å². The highest BCUT2D eigenvalue weighted by Gasteiger charge is 2.27. The van der Waals surface area contributed by atoms with Gasteiger partial charge in [0.25, 0.3) is 5.95 Å². The molecular formula is C12H14N4O2S2. The molecule has 2 aromatic rings. The predicted octanol–water partition coefficient (Wildman–Crippen LogP) is 1.40. The van der Waals surface area contributed by atoms with Gasteiger partial charge in [0.1, 0.15) is 5.25 Å². The third-order valence-corrected chi connectivity index (χ3v) is 5.27. The van der Waals surface area contributed by atoms with Crippen molar-refractivity contribution in [2.75, 3.05) is 18.0 Å². The smallest absolute Gasteiger partial charge is 0.260 e. The first-order chi connectivity index (χ1) is 9.74. The average molecular weight is 310 g/mol. The van der Waals surface area contributed by atoms with Gasteiger partial charge in [0.15, 0.2) is 0 Å². The first kappa shape index (κ1) is 13.4. The van der Waals surface area contributed by atoms with Gasteiger partial charge in [0.2, 0.25) is 11.8 Å². The number of hydrogen-bond acceptors (Lipinski definition) is 7. The standard InChI is InChI=1S/C12H14N4O2S2/c13-12-15-9(18-16-12)1-4-14-11(17)10-7-2-5-19-8(7)3-6-20-10/h2,5,10H,1,3-4,6H2,(H2,13,16)(H,14,17). The van der Waals surface area contributed by atoms with Crippen LogP contribution in [0.4, 0.5) is 5.95 Å². The lowest BCUT2D eigenvalue weighted by molar-refractivity contribution is -0.120. The number of nitrogens with one attached hydrogen (secondary N) is 1. The molecule has 1 amide bonds. The maximum Gasteiger partial charge on any atom is 0.260 e. The van der Waals surface area contributed by atoms with Crippen molar-refractivity contribution in [3.63, 3.8) is 0 Å². The number of thiophene rings is 1. The summed E-state index contributed by atoms with van der Waals surface area (Å²) in [6, 6.07) is 2.05. The molecule has 1 unspecified atom stereocenters. The van der Waals surface area contributed by atoms with E-state index in [1.54, 1.807) is 23.1 Å². The molecule has 0 saturated heterocycles. The van der Waals surface area contributed by atoms with Gasteiger partial charge in [-0.15, -0.1) is 23.1 Å². The minimum atomic E-state index is -0.0993. The van der Waals surface area contributed by atoms with Gasteiger partial charge < -0.3 is 15.6 Å². The van der Waals surface area contributed by atoms with Crippen molar-refractivity contribution in [3.8, 4) is 0 Å². The van der Waals surface area contributed by atoms with E-state index in [1.165, 1.54) is 4.88 Å². The van der Waals surface area contributed by atoms with Crippen LogP contribution in [0.1, 0.15) is 21.6 Å². The number of thioether (sulfide) groups is 1. The minimum absolute atomic E-state index is 0.0434. The van der Waals surface area contributed by atoms with Crippen LogP contribution in [0, 0.1) is 0 Å². The molecule has 0 aromatic carbocycles. The Hall–Kier alpha value is -1.54. The van der Waals surface area contributed by atoms with Crippen LogP contribution >= 0.6 is 23.1 Å². The summed E-state index contributed by atoms with van der Waals surface area (Å²) in [7, 11) is 0. The zero-order valence-corrected chi connectivity index (χ0v) is 12.3. The van der Waals surface area contributed by atoms with E-state index in [-0.39, 0.29) is 17.1 Å². The molecule has 106 valence electrons. The second-order valence-electron chi connectivity index (χ2n) is 4.39. The van der Waals surface area contributed by atoms with Gasteiger partial charge in [-0.3, -0.25) is 4.79 Å². The molecule has 1 aliphatic rings. The van der Waals surface area contributed by atoms with Crippen LogP contribution < -0.4 is 11.1 Å². The van der Waals surface area contributed by atoms with E-state index in [0.717, 1.165) is 17.7 Å². The summed E-state index contributed by atoms with van der Waals surface area (Å²) in [4.78, 5) is 17.5. The van der Waals surface area contributed by atoms with E-state index >= 15 is 0 Å². The van der Waals surface area contributed by atoms with E-state index in [2.05, 4.69) is 26.9 Å². The number of rotatable bonds is 4. The Bertz CT molecular complexity index is 610. The van der Waals surface area contributed by atoms with Gasteiger partial charge in [0.05, 0.1) is 0 Å². The Labute approximate surface area is 124 Å². The van der Waals surface area contributed by atoms with Crippen LogP contribution in [0.2, 0.25) is 0 Å². The van der Waals surface area contributed by atoms with Crippen LogP contribution in [0.25, 0.3) is 0 Å². The molecule has 1 aliphatic heterocycles. The number of carbonyl (C=O) groups excluding carboxylic acids is 1. The molecule has 3 heterocycles. The van der Waals surface area contributed by atoms with Crippen LogP contribution in [0.5, 0.6) is 0 Å². The molecule has 20 heavy (non-hydrogen) atoms. The summed E-state index contributed by atoms with van der Waals surface area (Å²) in [6.45, 7) is 0.469. The number of aryl methyl sites for hydroxylation is 1. The zero-order chi connectivity index (χ0) is 13.9. The molecule has 2 aromatic heterocycles. The summed E-state index contributed by atoms with van der Waals surface area (Å²) in [5.74, 6) is 1.60. The average Bonchev–Trinajstić information content (AvgIpc) is 3.06. The molecule has 6 nitrogen and oxygen atoms in total. The molecule has 0 radical (unpaired) electrons. The molecule has 0 aliphatic carbocycles. The number of nitrogens with two attached hydrogens (primary N) is 1. The SMILES string of the molecule is Nc1noc(CCNC(=O)C2SCCc3sccc32)n1. The van der Waals surface area contributed by atoms with E-state index in [0.29, 0.717) is 18.9 Å². The van der Waals surface area contributed by atoms with E-state index in [1.807, 2.05) is 0 Å². The number of nitrogens with zero attached hydrogens (tertiary/aromatic N) is 2. The Kier molecular flexibility index (Phi) is 3.93. The summed E-state index contributed by atoms with van der Waals surface area (Å²) in [6.07, 6.45) is 1.55. The lowest BCUT2D eigenvalue weighted by Gasteiger charge is -2.21. The van der Waals surface area contributed by atoms with Crippen molar-refractivity contribution in [2.24, 2.45) is 0 Å². The fourth-order valence-corrected chi connectivity index (χ4v) is 4.44. The van der Waals surface area contributed by atoms with E-state index in [4.69, 9.17) is 10.3 Å². The second kappa shape index (κ2) is 5.84. The summed E-state index contributed by atoms with van der Waals surface area (Å²) >= 11 is 3.42. The fourth-order valence-electron chi connectivity index (χ4n) is 2.12. The Balaban J connectivity index is 1.55. The normalized spacial score (nSPS) is 17.7. The summed E-state index contributed by atoms with van der Waals surface area (Å²) in [5.41, 5.74) is 6.52. The summed E-state index contributed by atoms with van der Waals surface area (Å²) in [5, 5.41) is 8.37. The van der Waals surface area contributed by atoms with E-state index < -0.39 is 0 Å². The van der Waals surface area contributed by atoms with Crippen molar-refractivity contribution < 1.29 is 9.32 Å². The molecule has 8 heteroatoms. The number of fused-ring (bicyclic) bond motifs is 1. The molecule has 3 N–H and O–H groups in total. The Morgan fingerprint density at radius 2 is 2.50 bits per heavy atom. The number of aromatic nitrogens is 2. The maximum atomic E-state index is 12.2. The first-order valence-corrected chi connectivity index (χ1v) is 8.20. The monoisotopic (exact) mass is 310 g/mol. The molecule has 0 spiro atoms. The number of carbonyl (C=O) groups is 1. The second-order valence-corrected chi connectivity index (χ2v) is 6.60. The van der Waals surface area contributed by atoms with Gasteiger partial charge in [-0.05, 0) is 34.3 Å². The third-order valence-electron chi connectivity index (χ3n) is 3.04. The highest BCUT2D eigenvalue weighted by molar-refractivity contribution is 8.00. The van der Waals surface area contributed by atoms with E-state index in [9.17, 15) is 4.79 Å². The van der Waals surface area contributed by atoms with Crippen LogP contribution in [0.15, 0.2) is 16.0 Å². The molecule has 3 rings (SSSR count). The topological polar surface area (TPSA) is 94.0 Å². The Morgan fingerprint density at radius 1 is 1.60 bits per heavy atom. The first-order valence-electron chi connectivity index (χ1n) is 6.27. The maximum absolute atomic E-state index is 12.2. The minimum Gasteiger partial charge on any atom is -0.365 e. The van der Waals surface area contributed by atoms with Gasteiger partial charge in [-0.1, -0.05) is 0 Å². The molecular weight excluding hydrogens is 296 g/mol. The highest BCUT2D eigenvalue weighted by Crippen LogP contribution is 2.39. The van der Waals surface area contributed by atoms with Crippen LogP contribution in [-0.2, 0) is 17.6 Å². The van der Waals surface area contributed by atoms with Gasteiger partial charge in [-0.2, -0.15) is 4.98 Å². The molecule has 0 saturated carbocycles. The number of amides is 1. The molecule has 1 atom stereocenters. The van der Waals surface area contributed by atoms with Crippen molar-refractivity contribution in [1.82, 2.24) is 15.5 Å². The summed E-state index contributed by atoms with van der Waals surface area (Å²) < 4.78 is 4.89. The largest absolute Gasteiger partial charge is 0.365 e. The lowest BCUT2D eigenvalue weighted by Crippen LogP contribution is -2.31. The molecule has 0 fully saturated rings. The van der Waals surface area contributed by atoms with Crippen molar-refractivity contribution in [2.45, 2.75) is 18.1 Å².